The Labute approximate surface area is 114 Å². The number of likely N-dealkylation sites (tertiary alicyclic amines) is 1. The number of aliphatic carboxylic acids is 1. The van der Waals surface area contributed by atoms with Crippen molar-refractivity contribution in [2.45, 2.75) is 51.1 Å². The maximum atomic E-state index is 11.8. The molecule has 1 amide bonds. The molecule has 0 aromatic rings. The van der Waals surface area contributed by atoms with Crippen molar-refractivity contribution in [3.05, 3.63) is 0 Å². The molecule has 19 heavy (non-hydrogen) atoms. The smallest absolute Gasteiger partial charge is 0.326 e. The van der Waals surface area contributed by atoms with Crippen molar-refractivity contribution in [1.82, 2.24) is 10.2 Å². The second-order valence-electron chi connectivity index (χ2n) is 5.21. The summed E-state index contributed by atoms with van der Waals surface area (Å²) in [7, 11) is 0. The topological polar surface area (TPSA) is 95.7 Å². The van der Waals surface area contributed by atoms with Crippen LogP contribution in [0.2, 0.25) is 0 Å². The number of nitrogens with two attached hydrogens (primary N) is 1. The standard InChI is InChI=1S/C13H25N3O3/c1-2-3-4-11(13(18)19)15-12(17)9-16-7-5-10(14)6-8-16/h10-11H,2-9,14H2,1H3,(H,15,17)(H,18,19). The Balaban J connectivity index is 2.33. The van der Waals surface area contributed by atoms with Gasteiger partial charge in [0.25, 0.3) is 0 Å². The zero-order valence-electron chi connectivity index (χ0n) is 11.6. The van der Waals surface area contributed by atoms with Crippen LogP contribution in [0.3, 0.4) is 0 Å². The lowest BCUT2D eigenvalue weighted by molar-refractivity contribution is -0.142. The number of nitrogens with zero attached hydrogens (tertiary/aromatic N) is 1. The second kappa shape index (κ2) is 8.12. The molecule has 1 fully saturated rings. The minimum Gasteiger partial charge on any atom is -0.480 e. The van der Waals surface area contributed by atoms with Crippen molar-refractivity contribution in [2.75, 3.05) is 19.6 Å². The Kier molecular flexibility index (Phi) is 6.80. The lowest BCUT2D eigenvalue weighted by Crippen LogP contribution is -2.48. The Bertz CT molecular complexity index is 302. The van der Waals surface area contributed by atoms with Gasteiger partial charge in [0.05, 0.1) is 6.54 Å². The van der Waals surface area contributed by atoms with Crippen LogP contribution in [0.25, 0.3) is 0 Å². The van der Waals surface area contributed by atoms with Crippen LogP contribution in [-0.2, 0) is 9.59 Å². The van der Waals surface area contributed by atoms with Crippen LogP contribution in [0, 0.1) is 0 Å². The molecule has 1 atom stereocenters. The number of carboxylic acid groups (broad SMARTS) is 1. The molecule has 0 radical (unpaired) electrons. The van der Waals surface area contributed by atoms with Crippen LogP contribution in [0.5, 0.6) is 0 Å². The van der Waals surface area contributed by atoms with Gasteiger partial charge >= 0.3 is 5.97 Å². The maximum absolute atomic E-state index is 11.8. The minimum atomic E-state index is -0.956. The van der Waals surface area contributed by atoms with E-state index < -0.39 is 12.0 Å². The maximum Gasteiger partial charge on any atom is 0.326 e. The van der Waals surface area contributed by atoms with Gasteiger partial charge in [-0.2, -0.15) is 0 Å². The summed E-state index contributed by atoms with van der Waals surface area (Å²) >= 11 is 0. The van der Waals surface area contributed by atoms with E-state index in [0.29, 0.717) is 6.42 Å². The monoisotopic (exact) mass is 271 g/mol. The molecule has 6 heteroatoms. The Hall–Kier alpha value is -1.14. The van der Waals surface area contributed by atoms with E-state index in [1.807, 2.05) is 11.8 Å². The zero-order valence-corrected chi connectivity index (χ0v) is 11.6. The highest BCUT2D eigenvalue weighted by atomic mass is 16.4. The van der Waals surface area contributed by atoms with E-state index >= 15 is 0 Å². The number of piperidine rings is 1. The van der Waals surface area contributed by atoms with Crippen LogP contribution in [0.4, 0.5) is 0 Å². The molecule has 110 valence electrons. The number of hydrogen-bond donors (Lipinski definition) is 3. The average molecular weight is 271 g/mol. The first kappa shape index (κ1) is 15.9. The van der Waals surface area contributed by atoms with Gasteiger partial charge < -0.3 is 16.2 Å². The van der Waals surface area contributed by atoms with Crippen LogP contribution in [-0.4, -0.2) is 53.6 Å². The molecule has 1 unspecified atom stereocenters. The Morgan fingerprint density at radius 2 is 2.05 bits per heavy atom. The number of unbranched alkanes of at least 4 members (excludes halogenated alkanes) is 1. The predicted molar refractivity (Wildman–Crippen MR) is 72.7 cm³/mol. The van der Waals surface area contributed by atoms with Crippen molar-refractivity contribution in [3.8, 4) is 0 Å². The molecule has 1 rings (SSSR count). The van der Waals surface area contributed by atoms with Crippen molar-refractivity contribution in [1.29, 1.82) is 0 Å². The predicted octanol–water partition coefficient (Wildman–Crippen LogP) is 0.169. The number of carbonyl (C=O) groups is 2. The molecule has 1 saturated heterocycles. The number of rotatable bonds is 7. The van der Waals surface area contributed by atoms with E-state index in [9.17, 15) is 9.59 Å². The molecule has 6 nitrogen and oxygen atoms in total. The molecule has 0 aliphatic carbocycles. The van der Waals surface area contributed by atoms with Crippen LogP contribution in [0.1, 0.15) is 39.0 Å². The summed E-state index contributed by atoms with van der Waals surface area (Å²) in [4.78, 5) is 24.9. The fourth-order valence-electron chi connectivity index (χ4n) is 2.22. The minimum absolute atomic E-state index is 0.209. The lowest BCUT2D eigenvalue weighted by atomic mass is 10.1. The van der Waals surface area contributed by atoms with E-state index in [2.05, 4.69) is 5.32 Å². The van der Waals surface area contributed by atoms with Crippen molar-refractivity contribution in [2.24, 2.45) is 5.73 Å². The highest BCUT2D eigenvalue weighted by Gasteiger charge is 2.22. The summed E-state index contributed by atoms with van der Waals surface area (Å²) in [5.74, 6) is -1.17. The second-order valence-corrected chi connectivity index (χ2v) is 5.21. The first-order chi connectivity index (χ1) is 9.02. The van der Waals surface area contributed by atoms with Gasteiger partial charge in [-0.1, -0.05) is 19.8 Å². The molecular weight excluding hydrogens is 246 g/mol. The van der Waals surface area contributed by atoms with Gasteiger partial charge in [-0.15, -0.1) is 0 Å². The molecule has 1 heterocycles. The van der Waals surface area contributed by atoms with Crippen molar-refractivity contribution in [3.63, 3.8) is 0 Å². The Morgan fingerprint density at radius 1 is 1.42 bits per heavy atom. The van der Waals surface area contributed by atoms with E-state index in [0.717, 1.165) is 38.8 Å². The molecule has 0 bridgehead atoms. The largest absolute Gasteiger partial charge is 0.480 e. The van der Waals surface area contributed by atoms with Gasteiger partial charge in [0.2, 0.25) is 5.91 Å². The molecule has 1 aliphatic rings. The Morgan fingerprint density at radius 3 is 2.58 bits per heavy atom. The summed E-state index contributed by atoms with van der Waals surface area (Å²) < 4.78 is 0. The molecule has 1 aliphatic heterocycles. The van der Waals surface area contributed by atoms with Crippen LogP contribution in [0.15, 0.2) is 0 Å². The normalized spacial score (nSPS) is 19.1. The van der Waals surface area contributed by atoms with E-state index in [-0.39, 0.29) is 18.5 Å². The summed E-state index contributed by atoms with van der Waals surface area (Å²) in [6, 6.07) is -0.532. The molecule has 0 aromatic carbocycles. The third kappa shape index (κ3) is 6.02. The molecule has 4 N–H and O–H groups in total. The fraction of sp³-hybridized carbons (Fsp3) is 0.846. The van der Waals surface area contributed by atoms with Gasteiger partial charge in [0, 0.05) is 19.1 Å². The quantitative estimate of drug-likeness (QED) is 0.613. The SMILES string of the molecule is CCCCC(NC(=O)CN1CCC(N)CC1)C(=O)O. The van der Waals surface area contributed by atoms with Gasteiger partial charge in [-0.05, 0) is 19.3 Å². The molecule has 0 spiro atoms. The number of carbonyl (C=O) groups excluding carboxylic acids is 1. The summed E-state index contributed by atoms with van der Waals surface area (Å²) in [5.41, 5.74) is 5.80. The third-order valence-electron chi connectivity index (χ3n) is 3.48. The summed E-state index contributed by atoms with van der Waals surface area (Å²) in [6.07, 6.45) is 4.00. The summed E-state index contributed by atoms with van der Waals surface area (Å²) in [5, 5.41) is 11.6. The van der Waals surface area contributed by atoms with Gasteiger partial charge in [-0.3, -0.25) is 9.69 Å². The highest BCUT2D eigenvalue weighted by Crippen LogP contribution is 2.07. The molecular formula is C13H25N3O3. The van der Waals surface area contributed by atoms with Gasteiger partial charge in [-0.25, -0.2) is 4.79 Å². The first-order valence-electron chi connectivity index (χ1n) is 7.03. The van der Waals surface area contributed by atoms with Crippen molar-refractivity contribution < 1.29 is 14.7 Å². The van der Waals surface area contributed by atoms with Crippen LogP contribution >= 0.6 is 0 Å². The van der Waals surface area contributed by atoms with Crippen molar-refractivity contribution >= 4 is 11.9 Å². The van der Waals surface area contributed by atoms with Gasteiger partial charge in [0.15, 0.2) is 0 Å². The highest BCUT2D eigenvalue weighted by molar-refractivity contribution is 5.84. The lowest BCUT2D eigenvalue weighted by Gasteiger charge is -2.29. The number of nitrogens with one attached hydrogen (secondary N) is 1. The molecule has 0 aromatic heterocycles. The average Bonchev–Trinajstić information content (AvgIpc) is 2.37. The fourth-order valence-corrected chi connectivity index (χ4v) is 2.22. The number of amides is 1. The van der Waals surface area contributed by atoms with E-state index in [4.69, 9.17) is 10.8 Å². The van der Waals surface area contributed by atoms with Gasteiger partial charge in [0.1, 0.15) is 6.04 Å². The number of hydrogen-bond acceptors (Lipinski definition) is 4. The third-order valence-corrected chi connectivity index (χ3v) is 3.48. The molecule has 0 saturated carbocycles. The summed E-state index contributed by atoms with van der Waals surface area (Å²) in [6.45, 7) is 3.88. The van der Waals surface area contributed by atoms with E-state index in [1.54, 1.807) is 0 Å². The van der Waals surface area contributed by atoms with E-state index in [1.165, 1.54) is 0 Å². The first-order valence-corrected chi connectivity index (χ1v) is 7.03. The zero-order chi connectivity index (χ0) is 14.3. The van der Waals surface area contributed by atoms with Crippen LogP contribution < -0.4 is 11.1 Å². The number of carboxylic acids is 1.